The maximum Gasteiger partial charge on any atom is 0.326 e. The molecule has 1 amide bonds. The van der Waals surface area contributed by atoms with Gasteiger partial charge in [0.2, 0.25) is 0 Å². The van der Waals surface area contributed by atoms with Gasteiger partial charge in [0.15, 0.2) is 0 Å². The van der Waals surface area contributed by atoms with Crippen LogP contribution in [0.3, 0.4) is 0 Å². The molecular weight excluding hydrogens is 276 g/mol. The maximum atomic E-state index is 12.0. The first kappa shape index (κ1) is 14.6. The van der Waals surface area contributed by atoms with E-state index in [1.807, 2.05) is 0 Å². The van der Waals surface area contributed by atoms with Gasteiger partial charge in [-0.15, -0.1) is 0 Å². The summed E-state index contributed by atoms with van der Waals surface area (Å²) in [5, 5.41) is 24.3. The van der Waals surface area contributed by atoms with Crippen LogP contribution in [-0.2, 0) is 11.2 Å². The van der Waals surface area contributed by atoms with E-state index in [4.69, 9.17) is 4.52 Å². The van der Waals surface area contributed by atoms with Crippen molar-refractivity contribution in [3.8, 4) is 5.75 Å². The van der Waals surface area contributed by atoms with Crippen LogP contribution in [0.2, 0.25) is 0 Å². The minimum Gasteiger partial charge on any atom is -0.508 e. The van der Waals surface area contributed by atoms with Crippen LogP contribution in [0.5, 0.6) is 5.75 Å². The number of nitrogens with one attached hydrogen (secondary N) is 1. The number of amides is 1. The fourth-order valence-corrected chi connectivity index (χ4v) is 1.82. The Morgan fingerprint density at radius 2 is 2.00 bits per heavy atom. The molecule has 0 bridgehead atoms. The SMILES string of the molecule is Cc1oncc1C(=O)NC(Cc1ccc(O)cc1)C(=O)O. The van der Waals surface area contributed by atoms with E-state index in [2.05, 4.69) is 10.5 Å². The largest absolute Gasteiger partial charge is 0.508 e. The average molecular weight is 290 g/mol. The van der Waals surface area contributed by atoms with Gasteiger partial charge in [0.1, 0.15) is 23.1 Å². The van der Waals surface area contributed by atoms with E-state index < -0.39 is 17.9 Å². The number of nitrogens with zero attached hydrogens (tertiary/aromatic N) is 1. The quantitative estimate of drug-likeness (QED) is 0.760. The van der Waals surface area contributed by atoms with Crippen molar-refractivity contribution in [1.29, 1.82) is 0 Å². The third kappa shape index (κ3) is 3.59. The van der Waals surface area contributed by atoms with E-state index in [1.165, 1.54) is 18.3 Å². The molecule has 0 fully saturated rings. The van der Waals surface area contributed by atoms with Crippen molar-refractivity contribution in [3.05, 3.63) is 47.3 Å². The Hall–Kier alpha value is -2.83. The second-order valence-electron chi connectivity index (χ2n) is 4.53. The molecule has 1 aromatic heterocycles. The summed E-state index contributed by atoms with van der Waals surface area (Å²) in [4.78, 5) is 23.2. The molecule has 0 aliphatic heterocycles. The van der Waals surface area contributed by atoms with Gasteiger partial charge < -0.3 is 20.1 Å². The summed E-state index contributed by atoms with van der Waals surface area (Å²) < 4.78 is 4.77. The summed E-state index contributed by atoms with van der Waals surface area (Å²) in [6.45, 7) is 1.57. The lowest BCUT2D eigenvalue weighted by atomic mass is 10.1. The Morgan fingerprint density at radius 3 is 2.52 bits per heavy atom. The highest BCUT2D eigenvalue weighted by Crippen LogP contribution is 2.12. The third-order valence-electron chi connectivity index (χ3n) is 2.97. The number of aliphatic carboxylic acids is 1. The molecule has 2 aromatic rings. The number of carboxylic acid groups (broad SMARTS) is 1. The molecule has 0 spiro atoms. The number of carbonyl (C=O) groups is 2. The van der Waals surface area contributed by atoms with Crippen molar-refractivity contribution in [2.45, 2.75) is 19.4 Å². The number of hydrogen-bond donors (Lipinski definition) is 3. The van der Waals surface area contributed by atoms with E-state index in [-0.39, 0.29) is 17.7 Å². The van der Waals surface area contributed by atoms with Gasteiger partial charge in [-0.1, -0.05) is 17.3 Å². The number of carboxylic acids is 1. The number of aryl methyl sites for hydroxylation is 1. The third-order valence-corrected chi connectivity index (χ3v) is 2.97. The van der Waals surface area contributed by atoms with E-state index in [0.29, 0.717) is 11.3 Å². The standard InChI is InChI=1S/C14H14N2O5/c1-8-11(7-15-21-8)13(18)16-12(14(19)20)6-9-2-4-10(17)5-3-9/h2-5,7,12,17H,6H2,1H3,(H,16,18)(H,19,20). The number of benzene rings is 1. The Labute approximate surface area is 120 Å². The Morgan fingerprint density at radius 1 is 1.33 bits per heavy atom. The molecule has 2 rings (SSSR count). The molecule has 7 heteroatoms. The highest BCUT2D eigenvalue weighted by atomic mass is 16.5. The fraction of sp³-hybridized carbons (Fsp3) is 0.214. The van der Waals surface area contributed by atoms with Crippen molar-refractivity contribution in [2.75, 3.05) is 0 Å². The van der Waals surface area contributed by atoms with Gasteiger partial charge in [-0.05, 0) is 24.6 Å². The molecule has 0 aliphatic rings. The molecule has 1 unspecified atom stereocenters. The Balaban J connectivity index is 2.09. The first-order valence-electron chi connectivity index (χ1n) is 6.20. The van der Waals surface area contributed by atoms with Gasteiger partial charge in [-0.3, -0.25) is 4.79 Å². The van der Waals surface area contributed by atoms with Gasteiger partial charge >= 0.3 is 5.97 Å². The number of aromatic hydroxyl groups is 1. The van der Waals surface area contributed by atoms with Gasteiger partial charge in [0.05, 0.1) is 6.20 Å². The number of phenols is 1. The highest BCUT2D eigenvalue weighted by Gasteiger charge is 2.23. The zero-order valence-corrected chi connectivity index (χ0v) is 11.2. The smallest absolute Gasteiger partial charge is 0.326 e. The van der Waals surface area contributed by atoms with Crippen molar-refractivity contribution in [1.82, 2.24) is 10.5 Å². The lowest BCUT2D eigenvalue weighted by Gasteiger charge is -2.14. The minimum absolute atomic E-state index is 0.0924. The summed E-state index contributed by atoms with van der Waals surface area (Å²) >= 11 is 0. The minimum atomic E-state index is -1.15. The van der Waals surface area contributed by atoms with Gasteiger partial charge in [0, 0.05) is 6.42 Å². The monoisotopic (exact) mass is 290 g/mol. The number of rotatable bonds is 5. The van der Waals surface area contributed by atoms with Gasteiger partial charge in [0.25, 0.3) is 5.91 Å². The zero-order chi connectivity index (χ0) is 15.4. The van der Waals surface area contributed by atoms with E-state index in [0.717, 1.165) is 0 Å². The predicted octanol–water partition coefficient (Wildman–Crippen LogP) is 1.11. The van der Waals surface area contributed by atoms with Crippen LogP contribution in [0.25, 0.3) is 0 Å². The predicted molar refractivity (Wildman–Crippen MR) is 71.9 cm³/mol. The van der Waals surface area contributed by atoms with Crippen LogP contribution in [-0.4, -0.2) is 33.3 Å². The summed E-state index contributed by atoms with van der Waals surface area (Å²) in [6, 6.07) is 5.03. The van der Waals surface area contributed by atoms with Crippen molar-refractivity contribution < 1.29 is 24.3 Å². The second-order valence-corrected chi connectivity index (χ2v) is 4.53. The molecule has 110 valence electrons. The van der Waals surface area contributed by atoms with Crippen LogP contribution in [0, 0.1) is 6.92 Å². The van der Waals surface area contributed by atoms with Crippen LogP contribution in [0.4, 0.5) is 0 Å². The Bertz CT molecular complexity index is 648. The van der Waals surface area contributed by atoms with Crippen molar-refractivity contribution >= 4 is 11.9 Å². The van der Waals surface area contributed by atoms with Crippen molar-refractivity contribution in [2.24, 2.45) is 0 Å². The average Bonchev–Trinajstić information content (AvgIpc) is 2.86. The molecule has 21 heavy (non-hydrogen) atoms. The zero-order valence-electron chi connectivity index (χ0n) is 11.2. The second kappa shape index (κ2) is 6.08. The molecule has 1 heterocycles. The molecule has 7 nitrogen and oxygen atoms in total. The maximum absolute atomic E-state index is 12.0. The molecule has 0 radical (unpaired) electrons. The highest BCUT2D eigenvalue weighted by molar-refractivity contribution is 5.97. The van der Waals surface area contributed by atoms with E-state index >= 15 is 0 Å². The van der Waals surface area contributed by atoms with Gasteiger partial charge in [-0.2, -0.15) is 0 Å². The molecular formula is C14H14N2O5. The summed E-state index contributed by atoms with van der Waals surface area (Å²) in [6.07, 6.45) is 1.34. The molecule has 3 N–H and O–H groups in total. The summed E-state index contributed by atoms with van der Waals surface area (Å²) in [5.41, 5.74) is 0.884. The number of carbonyl (C=O) groups excluding carboxylic acids is 1. The fourth-order valence-electron chi connectivity index (χ4n) is 1.82. The number of aromatic nitrogens is 1. The van der Waals surface area contributed by atoms with Gasteiger partial charge in [-0.25, -0.2) is 4.79 Å². The van der Waals surface area contributed by atoms with E-state index in [9.17, 15) is 19.8 Å². The topological polar surface area (TPSA) is 113 Å². The molecule has 1 atom stereocenters. The van der Waals surface area contributed by atoms with Crippen LogP contribution in [0.1, 0.15) is 21.7 Å². The lowest BCUT2D eigenvalue weighted by Crippen LogP contribution is -2.42. The van der Waals surface area contributed by atoms with Crippen LogP contribution < -0.4 is 5.32 Å². The summed E-state index contributed by atoms with van der Waals surface area (Å²) in [5.74, 6) is -1.29. The first-order chi connectivity index (χ1) is 9.97. The molecule has 0 aliphatic carbocycles. The molecule has 0 saturated heterocycles. The molecule has 1 aromatic carbocycles. The molecule has 0 saturated carbocycles. The number of hydrogen-bond acceptors (Lipinski definition) is 5. The van der Waals surface area contributed by atoms with Crippen LogP contribution in [0.15, 0.2) is 35.0 Å². The normalized spacial score (nSPS) is 11.9. The first-order valence-corrected chi connectivity index (χ1v) is 6.20. The number of phenolic OH excluding ortho intramolecular Hbond substituents is 1. The van der Waals surface area contributed by atoms with E-state index in [1.54, 1.807) is 19.1 Å². The van der Waals surface area contributed by atoms with Crippen LogP contribution >= 0.6 is 0 Å². The summed E-state index contributed by atoms with van der Waals surface area (Å²) in [7, 11) is 0. The van der Waals surface area contributed by atoms with Crippen molar-refractivity contribution in [3.63, 3.8) is 0 Å². The lowest BCUT2D eigenvalue weighted by molar-refractivity contribution is -0.139. The Kier molecular flexibility index (Phi) is 4.22.